The zero-order valence-electron chi connectivity index (χ0n) is 7.11. The minimum atomic E-state index is -0.127. The van der Waals surface area contributed by atoms with E-state index in [4.69, 9.17) is 0 Å². The van der Waals surface area contributed by atoms with Gasteiger partial charge in [-0.1, -0.05) is 0 Å². The first-order valence-corrected chi connectivity index (χ1v) is 5.53. The molecule has 0 aromatic carbocycles. The van der Waals surface area contributed by atoms with Crippen molar-refractivity contribution in [3.63, 3.8) is 0 Å². The number of hydrogen-bond donors (Lipinski definition) is 1. The molecule has 0 saturated heterocycles. The van der Waals surface area contributed by atoms with Gasteiger partial charge < -0.3 is 5.11 Å². The molecule has 64 valence electrons. The van der Waals surface area contributed by atoms with E-state index in [2.05, 4.69) is 0 Å². The fourth-order valence-electron chi connectivity index (χ4n) is 6.55. The molecule has 1 N–H and O–H groups in total. The highest BCUT2D eigenvalue weighted by Gasteiger charge is 2.82. The van der Waals surface area contributed by atoms with E-state index in [1.54, 1.807) is 0 Å². The molecule has 0 aliphatic heterocycles. The Bertz CT molecular complexity index is 297. The van der Waals surface area contributed by atoms with Crippen LogP contribution in [0.4, 0.5) is 0 Å². The number of aliphatic hydroxyl groups is 1. The standard InChI is InChI=1S/C11H14O/c12-11-3-7-5-1-4-6(10(5)11)2-8(11)9(4)7/h4-10,12H,1-3H2/t4-,5-,6-,7+,8-,9+,10+,11+/m1/s1. The topological polar surface area (TPSA) is 20.2 Å². The highest BCUT2D eigenvalue weighted by molar-refractivity contribution is 5.31. The van der Waals surface area contributed by atoms with Crippen molar-refractivity contribution in [2.75, 3.05) is 0 Å². The predicted octanol–water partition coefficient (Wildman–Crippen LogP) is 1.27. The van der Waals surface area contributed by atoms with Crippen LogP contribution in [0.3, 0.4) is 0 Å². The molecular weight excluding hydrogens is 148 g/mol. The summed E-state index contributed by atoms with van der Waals surface area (Å²) in [6.45, 7) is 0. The molecule has 6 saturated carbocycles. The SMILES string of the molecule is O[C@@]12C[C@H]3[C@H]4C[C@@H]5[C@@H](C[C@@H]1[C@@H]53)[C@H]42. The first-order chi connectivity index (χ1) is 5.81. The third kappa shape index (κ3) is 0.285. The van der Waals surface area contributed by atoms with Crippen LogP contribution in [-0.2, 0) is 0 Å². The molecule has 0 spiro atoms. The van der Waals surface area contributed by atoms with Crippen LogP contribution in [0.25, 0.3) is 0 Å². The fourth-order valence-corrected chi connectivity index (χ4v) is 6.55. The lowest BCUT2D eigenvalue weighted by atomic mass is 9.69. The average Bonchev–Trinajstić information content (AvgIpc) is 2.55. The Hall–Kier alpha value is -0.0400. The molecule has 0 aromatic heterocycles. The molecule has 0 radical (unpaired) electrons. The quantitative estimate of drug-likeness (QED) is 0.568. The van der Waals surface area contributed by atoms with Crippen LogP contribution in [0.2, 0.25) is 0 Å². The van der Waals surface area contributed by atoms with E-state index >= 15 is 0 Å². The minimum absolute atomic E-state index is 0.127. The Morgan fingerprint density at radius 2 is 1.83 bits per heavy atom. The molecule has 1 nitrogen and oxygen atoms in total. The molecule has 6 aliphatic rings. The van der Waals surface area contributed by atoms with Crippen molar-refractivity contribution < 1.29 is 5.11 Å². The van der Waals surface area contributed by atoms with Gasteiger partial charge in [0, 0.05) is 0 Å². The molecule has 0 amide bonds. The maximum atomic E-state index is 10.5. The Labute approximate surface area is 72.2 Å². The zero-order chi connectivity index (χ0) is 7.66. The van der Waals surface area contributed by atoms with Gasteiger partial charge in [-0.2, -0.15) is 0 Å². The van der Waals surface area contributed by atoms with Gasteiger partial charge >= 0.3 is 0 Å². The average molecular weight is 162 g/mol. The van der Waals surface area contributed by atoms with E-state index in [1.165, 1.54) is 19.3 Å². The van der Waals surface area contributed by atoms with Gasteiger partial charge in [-0.15, -0.1) is 0 Å². The molecule has 6 rings (SSSR count). The maximum absolute atomic E-state index is 10.5. The van der Waals surface area contributed by atoms with Gasteiger partial charge in [-0.05, 0) is 60.7 Å². The van der Waals surface area contributed by atoms with Gasteiger partial charge in [0.1, 0.15) is 0 Å². The Kier molecular flexibility index (Phi) is 0.569. The maximum Gasteiger partial charge on any atom is 0.0715 e. The molecule has 8 atom stereocenters. The van der Waals surface area contributed by atoms with Crippen LogP contribution in [0.15, 0.2) is 0 Å². The molecule has 0 heterocycles. The van der Waals surface area contributed by atoms with E-state index in [0.717, 1.165) is 41.4 Å². The summed E-state index contributed by atoms with van der Waals surface area (Å²) in [5, 5.41) is 10.5. The molecule has 12 heavy (non-hydrogen) atoms. The van der Waals surface area contributed by atoms with Crippen molar-refractivity contribution in [3.05, 3.63) is 0 Å². The summed E-state index contributed by atoms with van der Waals surface area (Å²) in [7, 11) is 0. The van der Waals surface area contributed by atoms with E-state index in [0.29, 0.717) is 0 Å². The van der Waals surface area contributed by atoms with Gasteiger partial charge in [0.05, 0.1) is 5.60 Å². The monoisotopic (exact) mass is 162 g/mol. The Morgan fingerprint density at radius 3 is 2.67 bits per heavy atom. The zero-order valence-corrected chi connectivity index (χ0v) is 7.11. The van der Waals surface area contributed by atoms with Crippen LogP contribution in [0.1, 0.15) is 19.3 Å². The summed E-state index contributed by atoms with van der Waals surface area (Å²) >= 11 is 0. The smallest absolute Gasteiger partial charge is 0.0715 e. The van der Waals surface area contributed by atoms with Crippen molar-refractivity contribution in [3.8, 4) is 0 Å². The van der Waals surface area contributed by atoms with Crippen molar-refractivity contribution in [2.24, 2.45) is 41.4 Å². The summed E-state index contributed by atoms with van der Waals surface area (Å²) in [6.07, 6.45) is 4.11. The second-order valence-corrected chi connectivity index (χ2v) is 6.03. The summed E-state index contributed by atoms with van der Waals surface area (Å²) in [5.74, 6) is 6.56. The highest BCUT2D eigenvalue weighted by Crippen LogP contribution is 2.83. The molecule has 1 heteroatoms. The molecular formula is C11H14O. The summed E-state index contributed by atoms with van der Waals surface area (Å²) in [4.78, 5) is 0. The minimum Gasteiger partial charge on any atom is -0.389 e. The van der Waals surface area contributed by atoms with E-state index in [1.807, 2.05) is 0 Å². The lowest BCUT2D eigenvalue weighted by Gasteiger charge is -2.39. The Balaban J connectivity index is 1.93. The third-order valence-corrected chi connectivity index (χ3v) is 6.33. The fraction of sp³-hybridized carbons (Fsp3) is 1.00. The normalized spacial score (nSPS) is 85.2. The lowest BCUT2D eigenvalue weighted by molar-refractivity contribution is -0.0539. The second kappa shape index (κ2) is 1.21. The molecule has 6 fully saturated rings. The van der Waals surface area contributed by atoms with Crippen LogP contribution in [-0.4, -0.2) is 10.7 Å². The lowest BCUT2D eigenvalue weighted by Crippen LogP contribution is -2.43. The molecule has 0 unspecified atom stereocenters. The molecule has 0 aromatic rings. The predicted molar refractivity (Wildman–Crippen MR) is 43.2 cm³/mol. The third-order valence-electron chi connectivity index (χ3n) is 6.33. The number of rotatable bonds is 0. The summed E-state index contributed by atoms with van der Waals surface area (Å²) in [5.41, 5.74) is -0.127. The van der Waals surface area contributed by atoms with Gasteiger partial charge in [-0.3, -0.25) is 0 Å². The second-order valence-electron chi connectivity index (χ2n) is 6.03. The van der Waals surface area contributed by atoms with Gasteiger partial charge in [0.25, 0.3) is 0 Å². The molecule has 6 bridgehead atoms. The summed E-state index contributed by atoms with van der Waals surface area (Å²) in [6, 6.07) is 0. The van der Waals surface area contributed by atoms with E-state index in [-0.39, 0.29) is 5.60 Å². The Morgan fingerprint density at radius 1 is 1.00 bits per heavy atom. The number of hydrogen-bond acceptors (Lipinski definition) is 1. The van der Waals surface area contributed by atoms with Crippen molar-refractivity contribution in [2.45, 2.75) is 24.9 Å². The van der Waals surface area contributed by atoms with Crippen LogP contribution < -0.4 is 0 Å². The first kappa shape index (κ1) is 5.64. The largest absolute Gasteiger partial charge is 0.389 e. The van der Waals surface area contributed by atoms with Crippen LogP contribution >= 0.6 is 0 Å². The van der Waals surface area contributed by atoms with Gasteiger partial charge in [0.2, 0.25) is 0 Å². The van der Waals surface area contributed by atoms with Crippen molar-refractivity contribution in [1.82, 2.24) is 0 Å². The van der Waals surface area contributed by atoms with E-state index in [9.17, 15) is 5.11 Å². The molecule has 6 aliphatic carbocycles. The summed E-state index contributed by atoms with van der Waals surface area (Å²) < 4.78 is 0. The first-order valence-electron chi connectivity index (χ1n) is 5.53. The van der Waals surface area contributed by atoms with Crippen LogP contribution in [0.5, 0.6) is 0 Å². The van der Waals surface area contributed by atoms with E-state index < -0.39 is 0 Å². The van der Waals surface area contributed by atoms with Crippen molar-refractivity contribution in [1.29, 1.82) is 0 Å². The van der Waals surface area contributed by atoms with Gasteiger partial charge in [0.15, 0.2) is 0 Å². The van der Waals surface area contributed by atoms with Crippen LogP contribution in [0, 0.1) is 41.4 Å². The van der Waals surface area contributed by atoms with Crippen molar-refractivity contribution >= 4 is 0 Å². The highest BCUT2D eigenvalue weighted by atomic mass is 16.3. The van der Waals surface area contributed by atoms with Gasteiger partial charge in [-0.25, -0.2) is 0 Å².